The molecule has 0 heterocycles. The third-order valence-corrected chi connectivity index (χ3v) is 2.99. The maximum Gasteiger partial charge on any atom is 0.119 e. The number of nitrogens with zero attached hydrogens (tertiary/aromatic N) is 1. The summed E-state index contributed by atoms with van der Waals surface area (Å²) < 4.78 is 5.62. The third-order valence-electron chi connectivity index (χ3n) is 2.99. The number of hydrogen-bond acceptors (Lipinski definition) is 2. The smallest absolute Gasteiger partial charge is 0.119 e. The van der Waals surface area contributed by atoms with Crippen molar-refractivity contribution in [1.29, 1.82) is 5.26 Å². The van der Waals surface area contributed by atoms with Crippen molar-refractivity contribution in [3.63, 3.8) is 0 Å². The molecule has 104 valence electrons. The number of nitriles is 1. The van der Waals surface area contributed by atoms with E-state index in [1.807, 2.05) is 79.8 Å². The molecule has 2 heteroatoms. The summed E-state index contributed by atoms with van der Waals surface area (Å²) in [5, 5.41) is 8.80. The second-order valence-corrected chi connectivity index (χ2v) is 4.48. The standard InChI is InChI=1S/C19H17NO/c1-2-3-4-5-14-21-19-12-10-18(11-13-19)17-8-6-16(15-20)7-9-17/h2-13H,14H2,1H3. The first-order chi connectivity index (χ1) is 10.3. The van der Waals surface area contributed by atoms with Gasteiger partial charge in [0.2, 0.25) is 0 Å². The van der Waals surface area contributed by atoms with Gasteiger partial charge in [-0.15, -0.1) is 0 Å². The highest BCUT2D eigenvalue weighted by Crippen LogP contribution is 2.22. The summed E-state index contributed by atoms with van der Waals surface area (Å²) in [6, 6.07) is 17.6. The van der Waals surface area contributed by atoms with Crippen LogP contribution in [0.25, 0.3) is 11.1 Å². The van der Waals surface area contributed by atoms with Crippen LogP contribution in [-0.2, 0) is 0 Å². The SMILES string of the molecule is CC=CC=CCOc1ccc(-c2ccc(C#N)cc2)cc1. The molecule has 2 nitrogen and oxygen atoms in total. The molecule has 0 unspecified atom stereocenters. The van der Waals surface area contributed by atoms with Gasteiger partial charge in [-0.1, -0.05) is 42.5 Å². The molecule has 2 aromatic rings. The van der Waals surface area contributed by atoms with E-state index < -0.39 is 0 Å². The molecule has 0 saturated carbocycles. The zero-order chi connectivity index (χ0) is 14.9. The summed E-state index contributed by atoms with van der Waals surface area (Å²) in [7, 11) is 0. The van der Waals surface area contributed by atoms with Gasteiger partial charge in [-0.3, -0.25) is 0 Å². The molecule has 0 radical (unpaired) electrons. The molecule has 0 aromatic heterocycles. The summed E-state index contributed by atoms with van der Waals surface area (Å²) >= 11 is 0. The Morgan fingerprint density at radius 1 is 0.952 bits per heavy atom. The second-order valence-electron chi connectivity index (χ2n) is 4.48. The van der Waals surface area contributed by atoms with Crippen LogP contribution in [-0.4, -0.2) is 6.61 Å². The Kier molecular flexibility index (Phi) is 5.37. The lowest BCUT2D eigenvalue weighted by Crippen LogP contribution is -1.92. The number of allylic oxidation sites excluding steroid dienone is 3. The molecule has 0 N–H and O–H groups in total. The van der Waals surface area contributed by atoms with E-state index >= 15 is 0 Å². The molecule has 0 aliphatic heterocycles. The van der Waals surface area contributed by atoms with Gasteiger partial charge in [0.15, 0.2) is 0 Å². The normalized spacial score (nSPS) is 10.9. The Morgan fingerprint density at radius 2 is 1.57 bits per heavy atom. The zero-order valence-electron chi connectivity index (χ0n) is 12.0. The first-order valence-corrected chi connectivity index (χ1v) is 6.84. The molecule has 0 spiro atoms. The first kappa shape index (κ1) is 14.6. The van der Waals surface area contributed by atoms with Crippen molar-refractivity contribution in [3.05, 3.63) is 78.4 Å². The summed E-state index contributed by atoms with van der Waals surface area (Å²) in [4.78, 5) is 0. The molecule has 2 rings (SSSR count). The van der Waals surface area contributed by atoms with Crippen molar-refractivity contribution in [2.45, 2.75) is 6.92 Å². The number of benzene rings is 2. The molecule has 0 saturated heterocycles. The van der Waals surface area contributed by atoms with E-state index in [0.29, 0.717) is 12.2 Å². The van der Waals surface area contributed by atoms with Crippen LogP contribution in [0.3, 0.4) is 0 Å². The molecular formula is C19H17NO. The average molecular weight is 275 g/mol. The Morgan fingerprint density at radius 3 is 2.14 bits per heavy atom. The van der Waals surface area contributed by atoms with Crippen LogP contribution in [0, 0.1) is 11.3 Å². The van der Waals surface area contributed by atoms with Crippen LogP contribution < -0.4 is 4.74 Å². The van der Waals surface area contributed by atoms with Crippen molar-refractivity contribution in [1.82, 2.24) is 0 Å². The quantitative estimate of drug-likeness (QED) is 0.739. The molecule has 0 aliphatic carbocycles. The maximum atomic E-state index is 8.80. The first-order valence-electron chi connectivity index (χ1n) is 6.84. The summed E-state index contributed by atoms with van der Waals surface area (Å²) in [5.41, 5.74) is 2.87. The molecule has 0 bridgehead atoms. The van der Waals surface area contributed by atoms with E-state index in [2.05, 4.69) is 6.07 Å². The molecule has 0 fully saturated rings. The van der Waals surface area contributed by atoms with Crippen LogP contribution in [0.4, 0.5) is 0 Å². The van der Waals surface area contributed by atoms with Crippen LogP contribution >= 0.6 is 0 Å². The fraction of sp³-hybridized carbons (Fsp3) is 0.105. The molecular weight excluding hydrogens is 258 g/mol. The Hall–Kier alpha value is -2.79. The highest BCUT2D eigenvalue weighted by atomic mass is 16.5. The lowest BCUT2D eigenvalue weighted by molar-refractivity contribution is 0.363. The second kappa shape index (κ2) is 7.72. The largest absolute Gasteiger partial charge is 0.490 e. The summed E-state index contributed by atoms with van der Waals surface area (Å²) in [5.74, 6) is 0.845. The fourth-order valence-electron chi connectivity index (χ4n) is 1.87. The molecule has 0 atom stereocenters. The van der Waals surface area contributed by atoms with Crippen molar-refractivity contribution in [3.8, 4) is 22.9 Å². The number of hydrogen-bond donors (Lipinski definition) is 0. The molecule has 0 aliphatic rings. The van der Waals surface area contributed by atoms with Gasteiger partial charge in [-0.05, 0) is 48.4 Å². The highest BCUT2D eigenvalue weighted by Gasteiger charge is 1.99. The lowest BCUT2D eigenvalue weighted by Gasteiger charge is -2.05. The van der Waals surface area contributed by atoms with Crippen molar-refractivity contribution in [2.75, 3.05) is 6.61 Å². The van der Waals surface area contributed by atoms with Crippen molar-refractivity contribution >= 4 is 0 Å². The zero-order valence-corrected chi connectivity index (χ0v) is 12.0. The Labute approximate surface area is 125 Å². The van der Waals surface area contributed by atoms with Gasteiger partial charge in [0.05, 0.1) is 11.6 Å². The van der Waals surface area contributed by atoms with Gasteiger partial charge >= 0.3 is 0 Å². The summed E-state index contributed by atoms with van der Waals surface area (Å²) in [6.07, 6.45) is 7.87. The van der Waals surface area contributed by atoms with Crippen LogP contribution in [0.2, 0.25) is 0 Å². The monoisotopic (exact) mass is 275 g/mol. The molecule has 0 amide bonds. The van der Waals surface area contributed by atoms with E-state index in [0.717, 1.165) is 16.9 Å². The van der Waals surface area contributed by atoms with E-state index in [-0.39, 0.29) is 0 Å². The van der Waals surface area contributed by atoms with Gasteiger partial charge in [0, 0.05) is 0 Å². The van der Waals surface area contributed by atoms with Crippen molar-refractivity contribution < 1.29 is 4.74 Å². The van der Waals surface area contributed by atoms with Crippen molar-refractivity contribution in [2.24, 2.45) is 0 Å². The maximum absolute atomic E-state index is 8.80. The minimum Gasteiger partial charge on any atom is -0.490 e. The Balaban J connectivity index is 1.99. The molecule has 2 aromatic carbocycles. The predicted molar refractivity (Wildman–Crippen MR) is 86.0 cm³/mol. The van der Waals surface area contributed by atoms with Crippen LogP contribution in [0.5, 0.6) is 5.75 Å². The Bertz CT molecular complexity index is 658. The van der Waals surface area contributed by atoms with Gasteiger partial charge in [-0.2, -0.15) is 5.26 Å². The van der Waals surface area contributed by atoms with Gasteiger partial charge in [-0.25, -0.2) is 0 Å². The van der Waals surface area contributed by atoms with Gasteiger partial charge in [0.25, 0.3) is 0 Å². The number of ether oxygens (including phenoxy) is 1. The topological polar surface area (TPSA) is 33.0 Å². The number of rotatable bonds is 5. The van der Waals surface area contributed by atoms with Gasteiger partial charge in [0.1, 0.15) is 12.4 Å². The highest BCUT2D eigenvalue weighted by molar-refractivity contribution is 5.64. The predicted octanol–water partition coefficient (Wildman–Crippen LogP) is 4.74. The van der Waals surface area contributed by atoms with E-state index in [9.17, 15) is 0 Å². The van der Waals surface area contributed by atoms with Crippen LogP contribution in [0.15, 0.2) is 72.8 Å². The summed E-state index contributed by atoms with van der Waals surface area (Å²) in [6.45, 7) is 2.54. The minimum absolute atomic E-state index is 0.556. The van der Waals surface area contributed by atoms with Crippen LogP contribution in [0.1, 0.15) is 12.5 Å². The van der Waals surface area contributed by atoms with Gasteiger partial charge < -0.3 is 4.74 Å². The lowest BCUT2D eigenvalue weighted by atomic mass is 10.0. The van der Waals surface area contributed by atoms with E-state index in [1.165, 1.54) is 0 Å². The fourth-order valence-corrected chi connectivity index (χ4v) is 1.87. The average Bonchev–Trinajstić information content (AvgIpc) is 2.55. The van der Waals surface area contributed by atoms with E-state index in [4.69, 9.17) is 10.00 Å². The minimum atomic E-state index is 0.556. The van der Waals surface area contributed by atoms with E-state index in [1.54, 1.807) is 0 Å². The molecule has 21 heavy (non-hydrogen) atoms. The third kappa shape index (κ3) is 4.36.